The van der Waals surface area contributed by atoms with Crippen molar-refractivity contribution in [2.24, 2.45) is 11.8 Å². The number of rotatable bonds is 2. The van der Waals surface area contributed by atoms with Gasteiger partial charge in [-0.1, -0.05) is 31.5 Å². The number of piperidine rings is 1. The van der Waals surface area contributed by atoms with Crippen LogP contribution in [0.2, 0.25) is 0 Å². The summed E-state index contributed by atoms with van der Waals surface area (Å²) in [5, 5.41) is 12.8. The minimum Gasteiger partial charge on any atom is -0.465 e. The molecule has 1 saturated heterocycles. The zero-order chi connectivity index (χ0) is 18.1. The molecule has 5 nitrogen and oxygen atoms in total. The molecule has 0 spiro atoms. The quantitative estimate of drug-likeness (QED) is 0.843. The number of carbonyl (C=O) groups is 1. The van der Waals surface area contributed by atoms with Crippen LogP contribution < -0.4 is 0 Å². The maximum Gasteiger partial charge on any atom is 0.359 e. The first-order valence-electron chi connectivity index (χ1n) is 9.76. The van der Waals surface area contributed by atoms with E-state index in [1.165, 1.54) is 18.1 Å². The van der Waals surface area contributed by atoms with E-state index in [1.54, 1.807) is 0 Å². The van der Waals surface area contributed by atoms with Crippen LogP contribution in [-0.2, 0) is 21.7 Å². The van der Waals surface area contributed by atoms with E-state index in [-0.39, 0.29) is 5.92 Å². The van der Waals surface area contributed by atoms with E-state index >= 15 is 0 Å². The number of hydrogen-bond acceptors (Lipinski definition) is 4. The normalized spacial score (nSPS) is 33.1. The molecule has 4 heterocycles. The van der Waals surface area contributed by atoms with E-state index in [9.17, 15) is 9.90 Å². The molecule has 5 rings (SSSR count). The van der Waals surface area contributed by atoms with Crippen molar-refractivity contribution in [1.29, 1.82) is 0 Å². The van der Waals surface area contributed by atoms with E-state index in [1.807, 2.05) is 22.8 Å². The zero-order valence-corrected chi connectivity index (χ0v) is 15.4. The third-order valence-corrected chi connectivity index (χ3v) is 6.92. The lowest BCUT2D eigenvalue weighted by molar-refractivity contribution is -0.185. The molecule has 3 aliphatic heterocycles. The Morgan fingerprint density at radius 3 is 2.96 bits per heavy atom. The van der Waals surface area contributed by atoms with Crippen molar-refractivity contribution in [2.45, 2.75) is 44.4 Å². The molecule has 0 aliphatic carbocycles. The molecular weight excluding hydrogens is 328 g/mol. The van der Waals surface area contributed by atoms with Gasteiger partial charge in [-0.25, -0.2) is 4.79 Å². The monoisotopic (exact) mass is 354 g/mol. The number of aromatic nitrogens is 1. The fourth-order valence-electron chi connectivity index (χ4n) is 5.84. The number of methoxy groups -OCH3 is 1. The Kier molecular flexibility index (Phi) is 3.50. The van der Waals surface area contributed by atoms with Gasteiger partial charge in [0.25, 0.3) is 0 Å². The van der Waals surface area contributed by atoms with E-state index in [0.29, 0.717) is 18.4 Å². The Bertz CT molecular complexity index is 889. The number of fused-ring (bicyclic) bond motifs is 3. The fourth-order valence-corrected chi connectivity index (χ4v) is 5.84. The smallest absolute Gasteiger partial charge is 0.359 e. The van der Waals surface area contributed by atoms with Gasteiger partial charge in [-0.3, -0.25) is 4.90 Å². The van der Waals surface area contributed by atoms with Crippen LogP contribution in [0.5, 0.6) is 0 Å². The molecule has 0 unspecified atom stereocenters. The molecule has 2 aromatic rings. The Labute approximate surface area is 153 Å². The number of nitrogens with zero attached hydrogens (tertiary/aromatic N) is 2. The van der Waals surface area contributed by atoms with Crippen molar-refractivity contribution in [1.82, 2.24) is 9.47 Å². The lowest BCUT2D eigenvalue weighted by atomic mass is 9.72. The summed E-state index contributed by atoms with van der Waals surface area (Å²) in [5.74, 6) is 0.375. The average molecular weight is 354 g/mol. The first-order valence-corrected chi connectivity index (χ1v) is 9.76. The average Bonchev–Trinajstić information content (AvgIpc) is 3.02. The molecule has 0 saturated carbocycles. The molecule has 0 bridgehead atoms. The van der Waals surface area contributed by atoms with Crippen LogP contribution >= 0.6 is 0 Å². The van der Waals surface area contributed by atoms with E-state index < -0.39 is 11.7 Å². The number of para-hydroxylation sites is 1. The standard InChI is InChI=1S/C21H26N2O3/c1-3-13-10-14-11-21(25,20(24)26-2)23-17-7-5-4-6-15(17)16-8-9-22(12-13)18(14)19(16)23/h4-7,13-14,18,25H,3,8-12H2,1-2H3/t13-,14-,18-,21-/m1/s1. The highest BCUT2D eigenvalue weighted by Crippen LogP contribution is 2.53. The van der Waals surface area contributed by atoms with Gasteiger partial charge in [0.15, 0.2) is 0 Å². The Balaban J connectivity index is 1.79. The first kappa shape index (κ1) is 16.3. The maximum absolute atomic E-state index is 12.7. The number of benzene rings is 1. The first-order chi connectivity index (χ1) is 12.6. The van der Waals surface area contributed by atoms with E-state index in [0.717, 1.165) is 43.6 Å². The van der Waals surface area contributed by atoms with Crippen LogP contribution in [0.1, 0.15) is 43.5 Å². The summed E-state index contributed by atoms with van der Waals surface area (Å²) >= 11 is 0. The highest BCUT2D eigenvalue weighted by molar-refractivity contribution is 5.89. The molecule has 0 radical (unpaired) electrons. The van der Waals surface area contributed by atoms with Crippen molar-refractivity contribution < 1.29 is 14.6 Å². The van der Waals surface area contributed by atoms with Gasteiger partial charge in [-0.15, -0.1) is 0 Å². The maximum atomic E-state index is 12.7. The van der Waals surface area contributed by atoms with Crippen LogP contribution in [0.15, 0.2) is 24.3 Å². The number of ether oxygens (including phenoxy) is 1. The summed E-state index contributed by atoms with van der Waals surface area (Å²) in [5.41, 5.74) is 1.80. The molecule has 1 aromatic carbocycles. The molecule has 138 valence electrons. The topological polar surface area (TPSA) is 54.7 Å². The van der Waals surface area contributed by atoms with Gasteiger partial charge in [0, 0.05) is 30.6 Å². The zero-order valence-electron chi connectivity index (χ0n) is 15.4. The van der Waals surface area contributed by atoms with Crippen molar-refractivity contribution in [3.8, 4) is 0 Å². The highest BCUT2D eigenvalue weighted by atomic mass is 16.5. The molecule has 26 heavy (non-hydrogen) atoms. The number of carbonyl (C=O) groups excluding carboxylic acids is 1. The van der Waals surface area contributed by atoms with Crippen LogP contribution in [0.4, 0.5) is 0 Å². The van der Waals surface area contributed by atoms with Gasteiger partial charge in [-0.2, -0.15) is 0 Å². The Hall–Kier alpha value is -1.85. The minimum absolute atomic E-state index is 0.286. The van der Waals surface area contributed by atoms with Gasteiger partial charge in [0.1, 0.15) is 0 Å². The number of hydrogen-bond donors (Lipinski definition) is 1. The molecule has 1 N–H and O–H groups in total. The van der Waals surface area contributed by atoms with Gasteiger partial charge < -0.3 is 14.4 Å². The van der Waals surface area contributed by atoms with Crippen molar-refractivity contribution >= 4 is 16.9 Å². The SMILES string of the molecule is CC[C@@H]1C[C@@H]2C[C@@](O)(C(=O)OC)n3c4c(c5ccccc53)CCN(C1)[C@@H]42. The summed E-state index contributed by atoms with van der Waals surface area (Å²) in [4.78, 5) is 15.3. The second-order valence-electron chi connectivity index (χ2n) is 8.19. The van der Waals surface area contributed by atoms with Crippen LogP contribution in [-0.4, -0.2) is 40.7 Å². The molecule has 1 aromatic heterocycles. The molecule has 0 amide bonds. The molecular formula is C21H26N2O3. The molecule has 5 heteroatoms. The summed E-state index contributed by atoms with van der Waals surface area (Å²) in [6.45, 7) is 4.43. The summed E-state index contributed by atoms with van der Waals surface area (Å²) < 4.78 is 6.97. The van der Waals surface area contributed by atoms with Crippen LogP contribution in [0.3, 0.4) is 0 Å². The van der Waals surface area contributed by atoms with E-state index in [4.69, 9.17) is 4.74 Å². The summed E-state index contributed by atoms with van der Waals surface area (Å²) in [6.07, 6.45) is 3.62. The number of esters is 1. The van der Waals surface area contributed by atoms with Crippen LogP contribution in [0, 0.1) is 11.8 Å². The van der Waals surface area contributed by atoms with Crippen LogP contribution in [0.25, 0.3) is 10.9 Å². The Morgan fingerprint density at radius 2 is 2.19 bits per heavy atom. The van der Waals surface area contributed by atoms with Gasteiger partial charge in [0.05, 0.1) is 18.7 Å². The predicted molar refractivity (Wildman–Crippen MR) is 98.7 cm³/mol. The summed E-state index contributed by atoms with van der Waals surface area (Å²) in [7, 11) is 1.37. The lowest BCUT2D eigenvalue weighted by Gasteiger charge is -2.53. The molecule has 4 atom stereocenters. The third kappa shape index (κ3) is 1.96. The van der Waals surface area contributed by atoms with Crippen molar-refractivity contribution in [2.75, 3.05) is 20.2 Å². The van der Waals surface area contributed by atoms with Gasteiger partial charge in [-0.05, 0) is 36.3 Å². The van der Waals surface area contributed by atoms with Gasteiger partial charge in [0.2, 0.25) is 5.72 Å². The molecule has 3 aliphatic rings. The second kappa shape index (κ2) is 5.57. The summed E-state index contributed by atoms with van der Waals surface area (Å²) in [6, 6.07) is 8.46. The van der Waals surface area contributed by atoms with Gasteiger partial charge >= 0.3 is 5.97 Å². The van der Waals surface area contributed by atoms with Crippen molar-refractivity contribution in [3.05, 3.63) is 35.5 Å². The fraction of sp³-hybridized carbons (Fsp3) is 0.571. The largest absolute Gasteiger partial charge is 0.465 e. The second-order valence-corrected chi connectivity index (χ2v) is 8.19. The third-order valence-electron chi connectivity index (χ3n) is 6.92. The highest BCUT2D eigenvalue weighted by Gasteiger charge is 2.55. The van der Waals surface area contributed by atoms with E-state index in [2.05, 4.69) is 17.9 Å². The van der Waals surface area contributed by atoms with Crippen molar-refractivity contribution in [3.63, 3.8) is 0 Å². The molecule has 1 fully saturated rings. The Morgan fingerprint density at radius 1 is 1.38 bits per heavy atom. The number of aliphatic hydroxyl groups is 1. The predicted octanol–water partition coefficient (Wildman–Crippen LogP) is 2.81. The minimum atomic E-state index is -1.61. The lowest BCUT2D eigenvalue weighted by Crippen LogP contribution is -2.56.